The van der Waals surface area contributed by atoms with Crippen molar-refractivity contribution < 1.29 is 32.5 Å². The Kier molecular flexibility index (Phi) is 11.2. The number of hydrogen-bond acceptors (Lipinski definition) is 7. The molecule has 2 aromatic carbocycles. The lowest BCUT2D eigenvalue weighted by Crippen LogP contribution is -2.54. The van der Waals surface area contributed by atoms with Crippen LogP contribution in [0.15, 0.2) is 48.8 Å². The number of anilines is 1. The van der Waals surface area contributed by atoms with Gasteiger partial charge in [0.05, 0.1) is 30.3 Å². The summed E-state index contributed by atoms with van der Waals surface area (Å²) in [7, 11) is -0.813. The Morgan fingerprint density at radius 3 is 2.47 bits per heavy atom. The summed E-state index contributed by atoms with van der Waals surface area (Å²) in [5.74, 6) is -1.77. The van der Waals surface area contributed by atoms with Crippen LogP contribution >= 0.6 is 0 Å². The number of halogens is 2. The molecule has 2 aromatic heterocycles. The molecule has 49 heavy (non-hydrogen) atoms. The lowest BCUT2D eigenvalue weighted by Gasteiger charge is -2.44. The second-order valence-electron chi connectivity index (χ2n) is 13.4. The lowest BCUT2D eigenvalue weighted by atomic mass is 9.75. The summed E-state index contributed by atoms with van der Waals surface area (Å²) in [6.45, 7) is 14.6. The van der Waals surface area contributed by atoms with Gasteiger partial charge in [-0.3, -0.25) is 0 Å². The molecular formula is C36H43F2N5O5Si. The Labute approximate surface area is 286 Å². The fourth-order valence-corrected chi connectivity index (χ4v) is 6.12. The fourth-order valence-electron chi connectivity index (χ4n) is 5.49. The Bertz CT molecular complexity index is 1830. The van der Waals surface area contributed by atoms with Gasteiger partial charge in [-0.05, 0) is 49.6 Å². The summed E-state index contributed by atoms with van der Waals surface area (Å²) < 4.78 is 55.9. The van der Waals surface area contributed by atoms with Gasteiger partial charge in [-0.25, -0.2) is 18.6 Å². The number of amides is 2. The minimum atomic E-state index is -1.00. The van der Waals surface area contributed by atoms with Gasteiger partial charge in [0.2, 0.25) is 0 Å². The number of ether oxygens (including phenoxy) is 4. The number of fused-ring (bicyclic) bond motifs is 1. The molecule has 0 saturated carbocycles. The second kappa shape index (κ2) is 15.4. The highest BCUT2D eigenvalue weighted by Crippen LogP contribution is 2.41. The second-order valence-corrected chi connectivity index (χ2v) is 16.8. The maximum atomic E-state index is 15.5. The monoisotopic (exact) mass is 691 g/mol. The van der Waals surface area contributed by atoms with Crippen LogP contribution in [0.5, 0.6) is 17.2 Å². The Morgan fingerprint density at radius 2 is 1.86 bits per heavy atom. The van der Waals surface area contributed by atoms with Gasteiger partial charge < -0.3 is 34.1 Å². The number of nitriles is 1. The summed E-state index contributed by atoms with van der Waals surface area (Å²) in [6, 6.07) is 11.4. The molecule has 0 aliphatic carbocycles. The van der Waals surface area contributed by atoms with E-state index >= 15 is 8.78 Å². The van der Waals surface area contributed by atoms with Crippen molar-refractivity contribution in [3.63, 3.8) is 0 Å². The van der Waals surface area contributed by atoms with Crippen molar-refractivity contribution in [2.24, 2.45) is 11.3 Å². The summed E-state index contributed by atoms with van der Waals surface area (Å²) in [6.07, 6.45) is 3.19. The van der Waals surface area contributed by atoms with E-state index < -0.39 is 32.2 Å². The zero-order chi connectivity index (χ0) is 35.3. The van der Waals surface area contributed by atoms with Gasteiger partial charge in [0.1, 0.15) is 29.9 Å². The number of pyridine rings is 1. The summed E-state index contributed by atoms with van der Waals surface area (Å²) in [5.41, 5.74) is 1.86. The highest BCUT2D eigenvalue weighted by atomic mass is 28.3. The molecule has 5 rings (SSSR count). The standard InChI is InChI=1S/C36H43F2N5O5Si/c1-22(2)36(19-46-20-36)18-41-35(44)42-26-14-28(37)33(29(38)15-26)48-31-9-10-40-34-32(31)27(17-43(34)21-45-11-12-49(5)6)24-7-8-30(47-23(3)4)25(13-24)16-39/h7-10,13-15,17,22-23,49H,11-12,18-21H2,1-6H3,(H2,41,42,44). The molecule has 260 valence electrons. The largest absolute Gasteiger partial charge is 0.490 e. The van der Waals surface area contributed by atoms with E-state index in [1.165, 1.54) is 12.3 Å². The predicted octanol–water partition coefficient (Wildman–Crippen LogP) is 7.69. The number of benzene rings is 2. The minimum absolute atomic E-state index is 0.0654. The molecular weight excluding hydrogens is 649 g/mol. The third kappa shape index (κ3) is 8.21. The molecule has 4 aromatic rings. The zero-order valence-corrected chi connectivity index (χ0v) is 29.9. The van der Waals surface area contributed by atoms with E-state index in [0.717, 1.165) is 18.2 Å². The van der Waals surface area contributed by atoms with Gasteiger partial charge in [-0.1, -0.05) is 33.0 Å². The van der Waals surface area contributed by atoms with Gasteiger partial charge in [-0.2, -0.15) is 5.26 Å². The minimum Gasteiger partial charge on any atom is -0.490 e. The van der Waals surface area contributed by atoms with E-state index in [1.54, 1.807) is 12.1 Å². The summed E-state index contributed by atoms with van der Waals surface area (Å²) >= 11 is 0. The van der Waals surface area contributed by atoms with E-state index in [1.807, 2.05) is 30.7 Å². The van der Waals surface area contributed by atoms with Crippen LogP contribution in [-0.2, 0) is 16.2 Å². The smallest absolute Gasteiger partial charge is 0.319 e. The van der Waals surface area contributed by atoms with Gasteiger partial charge in [-0.15, -0.1) is 0 Å². The molecule has 0 atom stereocenters. The average Bonchev–Trinajstić information content (AvgIpc) is 3.39. The molecule has 3 heterocycles. The van der Waals surface area contributed by atoms with Crippen LogP contribution in [0, 0.1) is 34.3 Å². The van der Waals surface area contributed by atoms with Crippen LogP contribution in [0.25, 0.3) is 22.2 Å². The van der Waals surface area contributed by atoms with Crippen molar-refractivity contribution in [2.45, 2.75) is 59.7 Å². The van der Waals surface area contributed by atoms with E-state index in [9.17, 15) is 10.1 Å². The summed E-state index contributed by atoms with van der Waals surface area (Å²) in [4.78, 5) is 17.2. The third-order valence-corrected chi connectivity index (χ3v) is 10.0. The number of nitrogens with zero attached hydrogens (tertiary/aromatic N) is 3. The van der Waals surface area contributed by atoms with Crippen LogP contribution in [0.3, 0.4) is 0 Å². The number of rotatable bonds is 14. The molecule has 0 unspecified atom stereocenters. The van der Waals surface area contributed by atoms with Crippen molar-refractivity contribution in [3.8, 4) is 34.4 Å². The number of hydrogen-bond donors (Lipinski definition) is 2. The molecule has 1 aliphatic rings. The Balaban J connectivity index is 1.45. The summed E-state index contributed by atoms with van der Waals surface area (Å²) in [5, 5.41) is 15.7. The van der Waals surface area contributed by atoms with Crippen molar-refractivity contribution >= 4 is 31.5 Å². The van der Waals surface area contributed by atoms with Crippen LogP contribution in [0.2, 0.25) is 19.1 Å². The van der Waals surface area contributed by atoms with Gasteiger partial charge in [0, 0.05) is 63.1 Å². The number of carbonyl (C=O) groups excluding carboxylic acids is 1. The highest BCUT2D eigenvalue weighted by molar-refractivity contribution is 6.55. The van der Waals surface area contributed by atoms with Gasteiger partial charge in [0.25, 0.3) is 0 Å². The van der Waals surface area contributed by atoms with Crippen molar-refractivity contribution in [2.75, 3.05) is 31.7 Å². The van der Waals surface area contributed by atoms with Crippen molar-refractivity contribution in [1.29, 1.82) is 5.26 Å². The molecule has 1 fully saturated rings. The molecule has 0 bridgehead atoms. The number of aromatic nitrogens is 2. The van der Waals surface area contributed by atoms with E-state index in [0.29, 0.717) is 59.8 Å². The molecule has 2 amide bonds. The lowest BCUT2D eigenvalue weighted by molar-refractivity contribution is -0.134. The predicted molar refractivity (Wildman–Crippen MR) is 187 cm³/mol. The van der Waals surface area contributed by atoms with Crippen LogP contribution in [0.4, 0.5) is 19.3 Å². The first-order valence-electron chi connectivity index (χ1n) is 16.5. The SMILES string of the molecule is CC(C)Oc1ccc(-c2cn(COCC[SiH](C)C)c3nccc(Oc4c(F)cc(NC(=O)NCC5(C(C)C)COC5)cc4F)c23)cc1C#N. The van der Waals surface area contributed by atoms with E-state index in [2.05, 4.69) is 48.6 Å². The maximum Gasteiger partial charge on any atom is 0.319 e. The molecule has 0 spiro atoms. The molecule has 2 N–H and O–H groups in total. The van der Waals surface area contributed by atoms with E-state index in [-0.39, 0.29) is 35.6 Å². The third-order valence-electron chi connectivity index (χ3n) is 8.64. The first-order chi connectivity index (χ1) is 23.4. The topological polar surface area (TPSA) is 120 Å². The van der Waals surface area contributed by atoms with E-state index in [4.69, 9.17) is 18.9 Å². The van der Waals surface area contributed by atoms with Crippen molar-refractivity contribution in [1.82, 2.24) is 14.9 Å². The van der Waals surface area contributed by atoms with Gasteiger partial charge >= 0.3 is 6.03 Å². The fraction of sp³-hybridized carbons (Fsp3) is 0.417. The maximum absolute atomic E-state index is 15.5. The number of nitrogens with one attached hydrogen (secondary N) is 2. The molecule has 1 saturated heterocycles. The van der Waals surface area contributed by atoms with Crippen LogP contribution in [-0.4, -0.2) is 56.8 Å². The molecule has 10 nitrogen and oxygen atoms in total. The molecule has 13 heteroatoms. The first-order valence-corrected chi connectivity index (χ1v) is 19.6. The van der Waals surface area contributed by atoms with Crippen LogP contribution in [0.1, 0.15) is 33.3 Å². The molecule has 0 radical (unpaired) electrons. The average molecular weight is 692 g/mol. The molecule has 1 aliphatic heterocycles. The Morgan fingerprint density at radius 1 is 1.12 bits per heavy atom. The first kappa shape index (κ1) is 35.8. The van der Waals surface area contributed by atoms with Gasteiger partial charge in [0.15, 0.2) is 17.4 Å². The Hall–Kier alpha value is -4.51. The highest BCUT2D eigenvalue weighted by Gasteiger charge is 2.41. The quantitative estimate of drug-likeness (QED) is 0.103. The number of urea groups is 1. The van der Waals surface area contributed by atoms with Crippen LogP contribution < -0.4 is 20.1 Å². The zero-order valence-electron chi connectivity index (χ0n) is 28.7. The van der Waals surface area contributed by atoms with Crippen molar-refractivity contribution in [3.05, 3.63) is 66.0 Å². The number of carbonyl (C=O) groups is 1. The normalized spacial score (nSPS) is 13.8.